The van der Waals surface area contributed by atoms with Crippen LogP contribution in [0.15, 0.2) is 17.5 Å². The van der Waals surface area contributed by atoms with Gasteiger partial charge in [-0.3, -0.25) is 4.90 Å². The normalized spacial score (nSPS) is 27.9. The van der Waals surface area contributed by atoms with E-state index in [1.54, 1.807) is 4.88 Å². The van der Waals surface area contributed by atoms with Crippen molar-refractivity contribution < 1.29 is 0 Å². The first-order valence-electron chi connectivity index (χ1n) is 7.88. The zero-order valence-corrected chi connectivity index (χ0v) is 12.8. The summed E-state index contributed by atoms with van der Waals surface area (Å²) in [4.78, 5) is 4.36. The molecule has 19 heavy (non-hydrogen) atoms. The van der Waals surface area contributed by atoms with E-state index >= 15 is 0 Å². The van der Waals surface area contributed by atoms with E-state index in [4.69, 9.17) is 0 Å². The van der Waals surface area contributed by atoms with Crippen molar-refractivity contribution in [1.82, 2.24) is 10.2 Å². The molecule has 0 unspecified atom stereocenters. The molecule has 2 aliphatic rings. The molecule has 2 nitrogen and oxygen atoms in total. The van der Waals surface area contributed by atoms with Gasteiger partial charge in [-0.05, 0) is 56.5 Å². The predicted octanol–water partition coefficient (Wildman–Crippen LogP) is 3.63. The van der Waals surface area contributed by atoms with Gasteiger partial charge in [0.25, 0.3) is 0 Å². The molecule has 1 N–H and O–H groups in total. The maximum atomic E-state index is 3.62. The molecule has 0 spiro atoms. The zero-order chi connectivity index (χ0) is 13.1. The van der Waals surface area contributed by atoms with Crippen molar-refractivity contribution in [1.29, 1.82) is 0 Å². The van der Waals surface area contributed by atoms with E-state index < -0.39 is 0 Å². The molecule has 1 aromatic rings. The van der Waals surface area contributed by atoms with E-state index in [1.807, 2.05) is 11.3 Å². The lowest BCUT2D eigenvalue weighted by atomic mass is 9.90. The number of rotatable bonds is 6. The van der Waals surface area contributed by atoms with Crippen molar-refractivity contribution in [3.05, 3.63) is 22.4 Å². The van der Waals surface area contributed by atoms with E-state index in [0.717, 1.165) is 24.7 Å². The summed E-state index contributed by atoms with van der Waals surface area (Å²) in [5.41, 5.74) is 0. The first kappa shape index (κ1) is 13.6. The molecule has 106 valence electrons. The van der Waals surface area contributed by atoms with Gasteiger partial charge < -0.3 is 5.32 Å². The second-order valence-corrected chi connectivity index (χ2v) is 7.08. The summed E-state index contributed by atoms with van der Waals surface area (Å²) in [6.45, 7) is 4.54. The molecule has 2 saturated carbocycles. The van der Waals surface area contributed by atoms with Gasteiger partial charge >= 0.3 is 0 Å². The average Bonchev–Trinajstić information content (AvgIpc) is 3.15. The second-order valence-electron chi connectivity index (χ2n) is 6.05. The van der Waals surface area contributed by atoms with Gasteiger partial charge in [-0.15, -0.1) is 11.3 Å². The third-order valence-corrected chi connectivity index (χ3v) is 5.45. The fraction of sp³-hybridized carbons (Fsp3) is 0.750. The molecule has 0 aliphatic heterocycles. The molecule has 0 saturated heterocycles. The Kier molecular flexibility index (Phi) is 4.57. The van der Waals surface area contributed by atoms with Crippen molar-refractivity contribution in [3.63, 3.8) is 0 Å². The minimum absolute atomic E-state index is 0.782. The number of nitrogens with one attached hydrogen (secondary N) is 1. The van der Waals surface area contributed by atoms with Gasteiger partial charge in [0.15, 0.2) is 0 Å². The monoisotopic (exact) mass is 278 g/mol. The number of thiophene rings is 1. The van der Waals surface area contributed by atoms with Gasteiger partial charge in [-0.2, -0.15) is 0 Å². The highest BCUT2D eigenvalue weighted by atomic mass is 32.1. The summed E-state index contributed by atoms with van der Waals surface area (Å²) >= 11 is 1.92. The SMILES string of the molecule is CCNC1CCC(N(Cc2cccs2)C2CC2)CC1. The molecule has 2 fully saturated rings. The lowest BCUT2D eigenvalue weighted by Gasteiger charge is -2.37. The van der Waals surface area contributed by atoms with Crippen molar-refractivity contribution in [2.45, 2.75) is 70.1 Å². The summed E-state index contributed by atoms with van der Waals surface area (Å²) in [6.07, 6.45) is 8.37. The molecule has 0 aromatic carbocycles. The minimum atomic E-state index is 0.782. The maximum absolute atomic E-state index is 3.62. The molecule has 3 heteroatoms. The smallest absolute Gasteiger partial charge is 0.0333 e. The Morgan fingerprint density at radius 3 is 2.37 bits per heavy atom. The summed E-state index contributed by atoms with van der Waals surface area (Å²) in [7, 11) is 0. The predicted molar refractivity (Wildman–Crippen MR) is 82.6 cm³/mol. The maximum Gasteiger partial charge on any atom is 0.0333 e. The molecule has 1 aromatic heterocycles. The molecule has 0 radical (unpaired) electrons. The third kappa shape index (κ3) is 3.59. The van der Waals surface area contributed by atoms with Crippen LogP contribution < -0.4 is 5.32 Å². The molecule has 0 bridgehead atoms. The number of hydrogen-bond acceptors (Lipinski definition) is 3. The van der Waals surface area contributed by atoms with Gasteiger partial charge in [0.2, 0.25) is 0 Å². The van der Waals surface area contributed by atoms with Crippen molar-refractivity contribution in [2.75, 3.05) is 6.54 Å². The third-order valence-electron chi connectivity index (χ3n) is 4.59. The van der Waals surface area contributed by atoms with Gasteiger partial charge in [-0.1, -0.05) is 13.0 Å². The Balaban J connectivity index is 1.56. The van der Waals surface area contributed by atoms with Crippen molar-refractivity contribution in [2.24, 2.45) is 0 Å². The highest BCUT2D eigenvalue weighted by Gasteiger charge is 2.35. The Hall–Kier alpha value is -0.380. The van der Waals surface area contributed by atoms with Crippen molar-refractivity contribution >= 4 is 11.3 Å². The Morgan fingerprint density at radius 2 is 1.84 bits per heavy atom. The van der Waals surface area contributed by atoms with Crippen LogP contribution in [0.4, 0.5) is 0 Å². The average molecular weight is 278 g/mol. The van der Waals surface area contributed by atoms with Crippen molar-refractivity contribution in [3.8, 4) is 0 Å². The lowest BCUT2D eigenvalue weighted by Crippen LogP contribution is -2.43. The number of hydrogen-bond donors (Lipinski definition) is 1. The van der Waals surface area contributed by atoms with Crippen LogP contribution in [0.5, 0.6) is 0 Å². The molecular weight excluding hydrogens is 252 g/mol. The fourth-order valence-electron chi connectivity index (χ4n) is 3.45. The van der Waals surface area contributed by atoms with E-state index in [2.05, 4.69) is 34.7 Å². The van der Waals surface area contributed by atoms with Crippen LogP contribution in [0.1, 0.15) is 50.3 Å². The summed E-state index contributed by atoms with van der Waals surface area (Å²) in [5, 5.41) is 5.83. The molecule has 1 heterocycles. The van der Waals surface area contributed by atoms with Crippen LogP contribution in [-0.2, 0) is 6.54 Å². The van der Waals surface area contributed by atoms with Crippen LogP contribution in [0, 0.1) is 0 Å². The quantitative estimate of drug-likeness (QED) is 0.855. The van der Waals surface area contributed by atoms with E-state index in [0.29, 0.717) is 0 Å². The van der Waals surface area contributed by atoms with Crippen LogP contribution in [0.25, 0.3) is 0 Å². The minimum Gasteiger partial charge on any atom is -0.314 e. The fourth-order valence-corrected chi connectivity index (χ4v) is 4.16. The molecule has 0 amide bonds. The summed E-state index contributed by atoms with van der Waals surface area (Å²) < 4.78 is 0. The lowest BCUT2D eigenvalue weighted by molar-refractivity contribution is 0.129. The first-order valence-corrected chi connectivity index (χ1v) is 8.76. The molecular formula is C16H26N2S. The van der Waals surface area contributed by atoms with Crippen LogP contribution >= 0.6 is 11.3 Å². The second kappa shape index (κ2) is 6.38. The largest absolute Gasteiger partial charge is 0.314 e. The molecule has 3 rings (SSSR count). The van der Waals surface area contributed by atoms with Gasteiger partial charge in [0.1, 0.15) is 0 Å². The molecule has 2 aliphatic carbocycles. The van der Waals surface area contributed by atoms with Crippen LogP contribution in [0.3, 0.4) is 0 Å². The Morgan fingerprint density at radius 1 is 1.16 bits per heavy atom. The van der Waals surface area contributed by atoms with E-state index in [-0.39, 0.29) is 0 Å². The number of nitrogens with zero attached hydrogens (tertiary/aromatic N) is 1. The van der Waals surface area contributed by atoms with E-state index in [9.17, 15) is 0 Å². The van der Waals surface area contributed by atoms with E-state index in [1.165, 1.54) is 45.1 Å². The zero-order valence-electron chi connectivity index (χ0n) is 12.0. The van der Waals surface area contributed by atoms with Gasteiger partial charge in [0.05, 0.1) is 0 Å². The van der Waals surface area contributed by atoms with Crippen LogP contribution in [-0.4, -0.2) is 29.6 Å². The standard InChI is InChI=1S/C16H26N2S/c1-2-17-13-5-7-14(8-6-13)18(15-9-10-15)12-16-4-3-11-19-16/h3-4,11,13-15,17H,2,5-10,12H2,1H3. The summed E-state index contributed by atoms with van der Waals surface area (Å²) in [6, 6.07) is 6.99. The highest BCUT2D eigenvalue weighted by molar-refractivity contribution is 7.09. The summed E-state index contributed by atoms with van der Waals surface area (Å²) in [5.74, 6) is 0. The van der Waals surface area contributed by atoms with Gasteiger partial charge in [-0.25, -0.2) is 0 Å². The molecule has 0 atom stereocenters. The Labute approximate surface area is 121 Å². The Bertz CT molecular complexity index is 364. The topological polar surface area (TPSA) is 15.3 Å². The van der Waals surface area contributed by atoms with Gasteiger partial charge in [0, 0.05) is 29.5 Å². The van der Waals surface area contributed by atoms with Crippen LogP contribution in [0.2, 0.25) is 0 Å². The highest BCUT2D eigenvalue weighted by Crippen LogP contribution is 2.35. The first-order chi connectivity index (χ1) is 9.36.